The molecule has 0 aromatic heterocycles. The predicted molar refractivity (Wildman–Crippen MR) is 83.6 cm³/mol. The summed E-state index contributed by atoms with van der Waals surface area (Å²) in [4.78, 5) is 12.6. The molecule has 0 N–H and O–H groups in total. The van der Waals surface area contributed by atoms with Crippen molar-refractivity contribution in [3.05, 3.63) is 71.8 Å². The van der Waals surface area contributed by atoms with Gasteiger partial charge in [0.25, 0.3) is 0 Å². The predicted octanol–water partition coefficient (Wildman–Crippen LogP) is 3.42. The van der Waals surface area contributed by atoms with E-state index in [9.17, 15) is 4.79 Å². The first kappa shape index (κ1) is 15.2. The number of ketones is 1. The van der Waals surface area contributed by atoms with Crippen molar-refractivity contribution in [2.75, 3.05) is 14.2 Å². The number of carbonyl (C=O) groups is 1. The molecule has 2 aromatic carbocycles. The fraction of sp³-hybridized carbons (Fsp3) is 0.167. The molecule has 0 radical (unpaired) electrons. The lowest BCUT2D eigenvalue weighted by atomic mass is 9.98. The minimum absolute atomic E-state index is 0.199. The third-order valence-corrected chi connectivity index (χ3v) is 3.10. The van der Waals surface area contributed by atoms with Crippen molar-refractivity contribution in [3.8, 4) is 0 Å². The van der Waals surface area contributed by atoms with E-state index in [0.717, 1.165) is 11.1 Å². The lowest BCUT2D eigenvalue weighted by Crippen LogP contribution is -2.25. The molecule has 0 heterocycles. The van der Waals surface area contributed by atoms with Gasteiger partial charge in [0.05, 0.1) is 0 Å². The largest absolute Gasteiger partial charge is 0.349 e. The number of hydrogen-bond acceptors (Lipinski definition) is 3. The van der Waals surface area contributed by atoms with Crippen LogP contribution < -0.4 is 0 Å². The van der Waals surface area contributed by atoms with E-state index >= 15 is 0 Å². The van der Waals surface area contributed by atoms with Gasteiger partial charge in [-0.25, -0.2) is 0 Å². The molecule has 2 rings (SSSR count). The number of ether oxygens (including phenoxy) is 2. The summed E-state index contributed by atoms with van der Waals surface area (Å²) in [6, 6.07) is 19.2. The van der Waals surface area contributed by atoms with E-state index in [1.165, 1.54) is 14.2 Å². The molecule has 0 fully saturated rings. The molecule has 0 aliphatic rings. The molecule has 0 saturated carbocycles. The van der Waals surface area contributed by atoms with Crippen molar-refractivity contribution in [2.24, 2.45) is 0 Å². The van der Waals surface area contributed by atoms with Gasteiger partial charge in [0, 0.05) is 19.8 Å². The molecule has 0 spiro atoms. The van der Waals surface area contributed by atoms with E-state index in [0.29, 0.717) is 5.57 Å². The fourth-order valence-corrected chi connectivity index (χ4v) is 2.07. The zero-order chi connectivity index (χ0) is 15.1. The Morgan fingerprint density at radius 1 is 0.905 bits per heavy atom. The number of rotatable bonds is 6. The maximum absolute atomic E-state index is 12.6. The highest BCUT2D eigenvalue weighted by molar-refractivity contribution is 6.26. The van der Waals surface area contributed by atoms with Crippen LogP contribution in [-0.4, -0.2) is 26.3 Å². The summed E-state index contributed by atoms with van der Waals surface area (Å²) in [6.07, 6.45) is 0.947. The number of Topliss-reactive ketones (excluding diaryl/α,β-unsaturated/α-hetero) is 1. The van der Waals surface area contributed by atoms with Crippen LogP contribution >= 0.6 is 0 Å². The smallest absolute Gasteiger partial charge is 0.222 e. The first-order valence-corrected chi connectivity index (χ1v) is 6.68. The molecular weight excluding hydrogens is 264 g/mol. The molecule has 0 aliphatic heterocycles. The summed E-state index contributed by atoms with van der Waals surface area (Å²) in [6.45, 7) is 0. The molecule has 0 aliphatic carbocycles. The maximum atomic E-state index is 12.6. The first-order valence-electron chi connectivity index (χ1n) is 6.68. The maximum Gasteiger partial charge on any atom is 0.222 e. The average Bonchev–Trinajstić information content (AvgIpc) is 2.55. The van der Waals surface area contributed by atoms with Crippen LogP contribution in [0.1, 0.15) is 11.1 Å². The zero-order valence-electron chi connectivity index (χ0n) is 12.2. The molecule has 0 saturated heterocycles. The normalized spacial score (nSPS) is 11.7. The van der Waals surface area contributed by atoms with Crippen molar-refractivity contribution in [1.82, 2.24) is 0 Å². The number of carbonyl (C=O) groups excluding carboxylic acids is 1. The third-order valence-electron chi connectivity index (χ3n) is 3.10. The summed E-state index contributed by atoms with van der Waals surface area (Å²) in [7, 11) is 2.91. The topological polar surface area (TPSA) is 35.5 Å². The first-order chi connectivity index (χ1) is 10.3. The van der Waals surface area contributed by atoms with Crippen LogP contribution in [0.3, 0.4) is 0 Å². The van der Waals surface area contributed by atoms with Gasteiger partial charge in [-0.2, -0.15) is 0 Å². The number of hydrogen-bond donors (Lipinski definition) is 0. The van der Waals surface area contributed by atoms with Gasteiger partial charge >= 0.3 is 0 Å². The van der Waals surface area contributed by atoms with Gasteiger partial charge < -0.3 is 9.47 Å². The Hall–Kier alpha value is -2.23. The molecule has 108 valence electrons. The molecule has 0 bridgehead atoms. The minimum Gasteiger partial charge on any atom is -0.349 e. The SMILES string of the molecule is COC(OC)C(=O)/C(=C\c1ccccc1)c1ccccc1. The van der Waals surface area contributed by atoms with Crippen LogP contribution in [0.5, 0.6) is 0 Å². The summed E-state index contributed by atoms with van der Waals surface area (Å²) in [5.41, 5.74) is 2.36. The number of methoxy groups -OCH3 is 2. The summed E-state index contributed by atoms with van der Waals surface area (Å²) in [5, 5.41) is 0. The third kappa shape index (κ3) is 3.88. The highest BCUT2D eigenvalue weighted by Crippen LogP contribution is 2.21. The molecule has 0 atom stereocenters. The van der Waals surface area contributed by atoms with Gasteiger partial charge in [0.1, 0.15) is 0 Å². The quantitative estimate of drug-likeness (QED) is 0.462. The lowest BCUT2D eigenvalue weighted by Gasteiger charge is -2.15. The van der Waals surface area contributed by atoms with Gasteiger partial charge in [-0.05, 0) is 17.2 Å². The Morgan fingerprint density at radius 2 is 1.43 bits per heavy atom. The second-order valence-electron chi connectivity index (χ2n) is 4.50. The second kappa shape index (κ2) is 7.53. The standard InChI is InChI=1S/C18H18O3/c1-20-18(21-2)17(19)16(15-11-7-4-8-12-15)13-14-9-5-3-6-10-14/h3-13,18H,1-2H3/b16-13-. The van der Waals surface area contributed by atoms with Crippen molar-refractivity contribution in [3.63, 3.8) is 0 Å². The van der Waals surface area contributed by atoms with E-state index in [1.807, 2.05) is 66.7 Å². The monoisotopic (exact) mass is 282 g/mol. The molecule has 0 amide bonds. The summed E-state index contributed by atoms with van der Waals surface area (Å²) in [5.74, 6) is -0.199. The molecule has 0 unspecified atom stereocenters. The van der Waals surface area contributed by atoms with Gasteiger partial charge in [-0.3, -0.25) is 4.79 Å². The average molecular weight is 282 g/mol. The van der Waals surface area contributed by atoms with Crippen molar-refractivity contribution < 1.29 is 14.3 Å². The Balaban J connectivity index is 2.45. The van der Waals surface area contributed by atoms with Crippen LogP contribution in [0.4, 0.5) is 0 Å². The molecule has 3 nitrogen and oxygen atoms in total. The van der Waals surface area contributed by atoms with E-state index in [2.05, 4.69) is 0 Å². The Labute approximate surface area is 124 Å². The van der Waals surface area contributed by atoms with E-state index in [4.69, 9.17) is 9.47 Å². The van der Waals surface area contributed by atoms with Gasteiger partial charge in [0.2, 0.25) is 12.1 Å². The molecule has 3 heteroatoms. The van der Waals surface area contributed by atoms with Crippen molar-refractivity contribution in [2.45, 2.75) is 6.29 Å². The van der Waals surface area contributed by atoms with Crippen molar-refractivity contribution >= 4 is 17.4 Å². The lowest BCUT2D eigenvalue weighted by molar-refractivity contribution is -0.150. The van der Waals surface area contributed by atoms with Crippen LogP contribution in [-0.2, 0) is 14.3 Å². The Morgan fingerprint density at radius 3 is 1.95 bits per heavy atom. The molecule has 2 aromatic rings. The second-order valence-corrected chi connectivity index (χ2v) is 4.50. The molecule has 21 heavy (non-hydrogen) atoms. The highest BCUT2D eigenvalue weighted by atomic mass is 16.7. The van der Waals surface area contributed by atoms with Crippen molar-refractivity contribution in [1.29, 1.82) is 0 Å². The minimum atomic E-state index is -0.903. The number of benzene rings is 2. The highest BCUT2D eigenvalue weighted by Gasteiger charge is 2.22. The Kier molecular flexibility index (Phi) is 5.43. The zero-order valence-corrected chi connectivity index (χ0v) is 12.2. The van der Waals surface area contributed by atoms with Crippen LogP contribution in [0, 0.1) is 0 Å². The van der Waals surface area contributed by atoms with Gasteiger partial charge in [-0.15, -0.1) is 0 Å². The van der Waals surface area contributed by atoms with Crippen LogP contribution in [0.2, 0.25) is 0 Å². The van der Waals surface area contributed by atoms with Gasteiger partial charge in [-0.1, -0.05) is 60.7 Å². The summed E-state index contributed by atoms with van der Waals surface area (Å²) < 4.78 is 10.2. The van der Waals surface area contributed by atoms with E-state index < -0.39 is 6.29 Å². The van der Waals surface area contributed by atoms with E-state index in [-0.39, 0.29) is 5.78 Å². The molecular formula is C18H18O3. The van der Waals surface area contributed by atoms with E-state index in [1.54, 1.807) is 0 Å². The van der Waals surface area contributed by atoms with Crippen LogP contribution in [0.15, 0.2) is 60.7 Å². The van der Waals surface area contributed by atoms with Crippen LogP contribution in [0.25, 0.3) is 11.6 Å². The van der Waals surface area contributed by atoms with Gasteiger partial charge in [0.15, 0.2) is 0 Å². The Bertz CT molecular complexity index is 599. The summed E-state index contributed by atoms with van der Waals surface area (Å²) >= 11 is 0. The fourth-order valence-electron chi connectivity index (χ4n) is 2.07.